The van der Waals surface area contributed by atoms with Gasteiger partial charge in [0.25, 0.3) is 0 Å². The molecule has 0 bridgehead atoms. The average Bonchev–Trinajstić information content (AvgIpc) is 3.30. The van der Waals surface area contributed by atoms with Gasteiger partial charge in [-0.3, -0.25) is 0 Å². The Hall–Kier alpha value is -4.53. The Morgan fingerprint density at radius 1 is 0.526 bits per heavy atom. The van der Waals surface area contributed by atoms with Crippen molar-refractivity contribution in [3.63, 3.8) is 0 Å². The maximum atomic E-state index is 6.39. The van der Waals surface area contributed by atoms with Crippen LogP contribution in [0.3, 0.4) is 0 Å². The van der Waals surface area contributed by atoms with Crippen LogP contribution in [-0.4, -0.2) is 0 Å². The molecule has 38 heavy (non-hydrogen) atoms. The fourth-order valence-electron chi connectivity index (χ4n) is 5.23. The number of aryl methyl sites for hydroxylation is 1. The molecular weight excluding hydrogens is 486 g/mol. The molecule has 0 aliphatic carbocycles. The summed E-state index contributed by atoms with van der Waals surface area (Å²) in [7, 11) is 0. The van der Waals surface area contributed by atoms with Crippen molar-refractivity contribution >= 4 is 61.4 Å². The van der Waals surface area contributed by atoms with Gasteiger partial charge in [-0.05, 0) is 82.9 Å². The predicted octanol–water partition coefficient (Wildman–Crippen LogP) is 10.8. The number of benzene rings is 6. The van der Waals surface area contributed by atoms with E-state index in [2.05, 4.69) is 120 Å². The van der Waals surface area contributed by atoms with Gasteiger partial charge in [-0.1, -0.05) is 84.4 Å². The van der Waals surface area contributed by atoms with Crippen LogP contribution in [0.2, 0.25) is 5.02 Å². The van der Waals surface area contributed by atoms with Gasteiger partial charge in [-0.15, -0.1) is 0 Å². The van der Waals surface area contributed by atoms with Crippen LogP contribution in [-0.2, 0) is 0 Å². The summed E-state index contributed by atoms with van der Waals surface area (Å²) < 4.78 is 6.15. The lowest BCUT2D eigenvalue weighted by Crippen LogP contribution is -2.09. The fraction of sp³-hybridized carbons (Fsp3) is 0.0286. The molecule has 0 amide bonds. The van der Waals surface area contributed by atoms with E-state index in [1.165, 1.54) is 21.9 Å². The van der Waals surface area contributed by atoms with Gasteiger partial charge in [-0.25, -0.2) is 0 Å². The zero-order valence-corrected chi connectivity index (χ0v) is 21.6. The highest BCUT2D eigenvalue weighted by atomic mass is 35.5. The third-order valence-corrected chi connectivity index (χ3v) is 7.62. The van der Waals surface area contributed by atoms with Gasteiger partial charge in [0.15, 0.2) is 0 Å². The number of hydrogen-bond acceptors (Lipinski definition) is 2. The van der Waals surface area contributed by atoms with Crippen molar-refractivity contribution in [1.82, 2.24) is 0 Å². The molecule has 0 saturated heterocycles. The standard InChI is InChI=1S/C35H24ClNO/c1-23-19-31-32-21-30(17-18-34(32)38-35(31)22-33(23)36)37(29-16-13-25-9-5-6-10-27(25)20-29)28-14-11-26(12-15-28)24-7-3-2-4-8-24/h2-22H,1H3. The lowest BCUT2D eigenvalue weighted by molar-refractivity contribution is 0.669. The van der Waals surface area contributed by atoms with Crippen LogP contribution < -0.4 is 4.90 Å². The average molecular weight is 510 g/mol. The monoisotopic (exact) mass is 509 g/mol. The summed E-state index contributed by atoms with van der Waals surface area (Å²) >= 11 is 6.39. The number of halogens is 1. The van der Waals surface area contributed by atoms with Crippen molar-refractivity contribution in [3.8, 4) is 11.1 Å². The van der Waals surface area contributed by atoms with Crippen molar-refractivity contribution in [3.05, 3.63) is 138 Å². The third kappa shape index (κ3) is 3.91. The first-order valence-electron chi connectivity index (χ1n) is 12.7. The number of fused-ring (bicyclic) bond motifs is 4. The quantitative estimate of drug-likeness (QED) is 0.234. The second kappa shape index (κ2) is 9.09. The minimum Gasteiger partial charge on any atom is -0.456 e. The van der Waals surface area contributed by atoms with E-state index in [1.54, 1.807) is 0 Å². The minimum absolute atomic E-state index is 0.716. The molecule has 7 rings (SSSR count). The van der Waals surface area contributed by atoms with Gasteiger partial charge in [0.05, 0.1) is 0 Å². The normalized spacial score (nSPS) is 11.4. The van der Waals surface area contributed by atoms with Crippen LogP contribution >= 0.6 is 11.6 Å². The van der Waals surface area contributed by atoms with Gasteiger partial charge in [0.1, 0.15) is 11.2 Å². The number of hydrogen-bond donors (Lipinski definition) is 0. The maximum absolute atomic E-state index is 6.39. The van der Waals surface area contributed by atoms with Gasteiger partial charge in [-0.2, -0.15) is 0 Å². The largest absolute Gasteiger partial charge is 0.456 e. The molecule has 0 N–H and O–H groups in total. The first-order valence-corrected chi connectivity index (χ1v) is 13.1. The lowest BCUT2D eigenvalue weighted by atomic mass is 10.0. The topological polar surface area (TPSA) is 16.4 Å². The summed E-state index contributed by atoms with van der Waals surface area (Å²) in [5, 5.41) is 5.29. The molecule has 182 valence electrons. The highest BCUT2D eigenvalue weighted by molar-refractivity contribution is 6.32. The Morgan fingerprint density at radius 3 is 1.97 bits per heavy atom. The van der Waals surface area contributed by atoms with Crippen LogP contribution in [0.25, 0.3) is 43.8 Å². The number of rotatable bonds is 4. The van der Waals surface area contributed by atoms with Crippen LogP contribution in [0.5, 0.6) is 0 Å². The first kappa shape index (κ1) is 22.7. The second-order valence-electron chi connectivity index (χ2n) is 9.66. The van der Waals surface area contributed by atoms with E-state index in [9.17, 15) is 0 Å². The van der Waals surface area contributed by atoms with E-state index in [1.807, 2.05) is 19.1 Å². The van der Waals surface area contributed by atoms with Crippen LogP contribution in [0.1, 0.15) is 5.56 Å². The molecule has 1 aromatic heterocycles. The molecule has 6 aromatic carbocycles. The number of anilines is 3. The Kier molecular flexibility index (Phi) is 5.42. The summed E-state index contributed by atoms with van der Waals surface area (Å²) in [4.78, 5) is 2.31. The summed E-state index contributed by atoms with van der Waals surface area (Å²) in [6.07, 6.45) is 0. The molecule has 0 saturated carbocycles. The summed E-state index contributed by atoms with van der Waals surface area (Å²) in [5.41, 5.74) is 8.34. The highest BCUT2D eigenvalue weighted by Gasteiger charge is 2.17. The van der Waals surface area contributed by atoms with E-state index >= 15 is 0 Å². The minimum atomic E-state index is 0.716. The first-order chi connectivity index (χ1) is 18.6. The molecule has 0 aliphatic heterocycles. The Morgan fingerprint density at radius 2 is 1.16 bits per heavy atom. The summed E-state index contributed by atoms with van der Waals surface area (Å²) in [6.45, 7) is 2.03. The number of furan rings is 1. The fourth-order valence-corrected chi connectivity index (χ4v) is 5.38. The van der Waals surface area contributed by atoms with Gasteiger partial charge >= 0.3 is 0 Å². The SMILES string of the molecule is Cc1cc2c(cc1Cl)oc1ccc(N(c3ccc(-c4ccccc4)cc3)c3ccc4ccccc4c3)cc12. The molecule has 1 heterocycles. The molecular formula is C35H24ClNO. The van der Waals surface area contributed by atoms with E-state index < -0.39 is 0 Å². The highest BCUT2D eigenvalue weighted by Crippen LogP contribution is 2.40. The zero-order valence-electron chi connectivity index (χ0n) is 20.9. The van der Waals surface area contributed by atoms with Crippen molar-refractivity contribution in [2.24, 2.45) is 0 Å². The van der Waals surface area contributed by atoms with E-state index in [0.717, 1.165) is 44.6 Å². The van der Waals surface area contributed by atoms with Crippen LogP contribution in [0.4, 0.5) is 17.1 Å². The Bertz CT molecular complexity index is 1940. The molecule has 0 spiro atoms. The second-order valence-corrected chi connectivity index (χ2v) is 10.1. The summed E-state index contributed by atoms with van der Waals surface area (Å²) in [5.74, 6) is 0. The van der Waals surface area contributed by atoms with E-state index in [4.69, 9.17) is 16.0 Å². The number of nitrogens with zero attached hydrogens (tertiary/aromatic N) is 1. The Balaban J connectivity index is 1.41. The van der Waals surface area contributed by atoms with Crippen molar-refractivity contribution < 1.29 is 4.42 Å². The van der Waals surface area contributed by atoms with Crippen LogP contribution in [0.15, 0.2) is 132 Å². The molecule has 3 heteroatoms. The summed E-state index contributed by atoms with van der Waals surface area (Å²) in [6, 6.07) is 44.8. The smallest absolute Gasteiger partial charge is 0.136 e. The van der Waals surface area contributed by atoms with Crippen molar-refractivity contribution in [1.29, 1.82) is 0 Å². The van der Waals surface area contributed by atoms with E-state index in [-0.39, 0.29) is 0 Å². The Labute approximate surface area is 226 Å². The molecule has 2 nitrogen and oxygen atoms in total. The van der Waals surface area contributed by atoms with Crippen molar-refractivity contribution in [2.75, 3.05) is 4.90 Å². The molecule has 0 unspecified atom stereocenters. The molecule has 0 radical (unpaired) electrons. The van der Waals surface area contributed by atoms with Gasteiger partial charge in [0.2, 0.25) is 0 Å². The molecule has 0 atom stereocenters. The zero-order chi connectivity index (χ0) is 25.6. The van der Waals surface area contributed by atoms with Gasteiger partial charge < -0.3 is 9.32 Å². The van der Waals surface area contributed by atoms with Crippen LogP contribution in [0, 0.1) is 6.92 Å². The van der Waals surface area contributed by atoms with Crippen molar-refractivity contribution in [2.45, 2.75) is 6.92 Å². The molecule has 0 aliphatic rings. The third-order valence-electron chi connectivity index (χ3n) is 7.22. The molecule has 7 aromatic rings. The molecule has 0 fully saturated rings. The van der Waals surface area contributed by atoms with E-state index in [0.29, 0.717) is 5.02 Å². The van der Waals surface area contributed by atoms with Gasteiger partial charge in [0, 0.05) is 38.9 Å². The maximum Gasteiger partial charge on any atom is 0.136 e. The lowest BCUT2D eigenvalue weighted by Gasteiger charge is -2.26. The predicted molar refractivity (Wildman–Crippen MR) is 161 cm³/mol.